The molecule has 0 fully saturated rings. The fraction of sp³-hybridized carbons (Fsp3) is 0.214. The molecule has 0 radical (unpaired) electrons. The maximum absolute atomic E-state index is 13.0. The quantitative estimate of drug-likeness (QED) is 0.252. The van der Waals surface area contributed by atoms with Gasteiger partial charge in [-0.3, -0.25) is 14.4 Å². The first-order valence-corrected chi connectivity index (χ1v) is 12.5. The predicted octanol–water partition coefficient (Wildman–Crippen LogP) is 6.02. The zero-order valence-electron chi connectivity index (χ0n) is 21.7. The van der Waals surface area contributed by atoms with Crippen LogP contribution >= 0.6 is 11.6 Å². The Labute approximate surface area is 232 Å². The van der Waals surface area contributed by atoms with Crippen LogP contribution < -0.4 is 16.0 Å². The van der Waals surface area contributed by atoms with Crippen molar-refractivity contribution in [2.24, 2.45) is 13.0 Å². The number of aromatic nitrogens is 2. The van der Waals surface area contributed by atoms with Gasteiger partial charge in [-0.15, -0.1) is 0 Å². The van der Waals surface area contributed by atoms with E-state index in [0.29, 0.717) is 22.2 Å². The van der Waals surface area contributed by atoms with Crippen LogP contribution in [-0.4, -0.2) is 27.3 Å². The van der Waals surface area contributed by atoms with Gasteiger partial charge in [-0.1, -0.05) is 31.5 Å². The van der Waals surface area contributed by atoms with Gasteiger partial charge in [0.1, 0.15) is 11.4 Å². The van der Waals surface area contributed by atoms with Crippen LogP contribution in [0.25, 0.3) is 10.9 Å². The molecule has 0 saturated carbocycles. The number of aryl methyl sites for hydroxylation is 1. The molecular formula is C28H25ClF3N5O3. The maximum atomic E-state index is 13.0. The van der Waals surface area contributed by atoms with Crippen LogP contribution in [0, 0.1) is 5.92 Å². The molecule has 0 atom stereocenters. The van der Waals surface area contributed by atoms with Crippen LogP contribution in [0.15, 0.2) is 60.8 Å². The molecule has 2 heterocycles. The van der Waals surface area contributed by atoms with Crippen molar-refractivity contribution >= 4 is 51.6 Å². The Hall–Kier alpha value is -4.38. The first-order valence-electron chi connectivity index (χ1n) is 12.1. The second kappa shape index (κ2) is 11.4. The Bertz CT molecular complexity index is 1600. The highest BCUT2D eigenvalue weighted by atomic mass is 35.5. The summed E-state index contributed by atoms with van der Waals surface area (Å²) >= 11 is 6.27. The summed E-state index contributed by atoms with van der Waals surface area (Å²) in [6.07, 6.45) is -3.64. The van der Waals surface area contributed by atoms with Gasteiger partial charge < -0.3 is 20.5 Å². The minimum absolute atomic E-state index is 0.110. The molecule has 0 aliphatic rings. The molecule has 0 aliphatic heterocycles. The summed E-state index contributed by atoms with van der Waals surface area (Å²) in [4.78, 5) is 41.1. The number of anilines is 2. The van der Waals surface area contributed by atoms with E-state index in [4.69, 9.17) is 11.6 Å². The van der Waals surface area contributed by atoms with E-state index in [1.807, 2.05) is 0 Å². The topological polar surface area (TPSA) is 105 Å². The average Bonchev–Trinajstić information content (AvgIpc) is 3.23. The van der Waals surface area contributed by atoms with Crippen LogP contribution in [0.1, 0.15) is 46.0 Å². The number of amides is 3. The fourth-order valence-corrected chi connectivity index (χ4v) is 4.13. The lowest BCUT2D eigenvalue weighted by Gasteiger charge is -2.11. The Morgan fingerprint density at radius 3 is 2.30 bits per heavy atom. The van der Waals surface area contributed by atoms with Crippen LogP contribution in [0.4, 0.5) is 24.5 Å². The third-order valence-corrected chi connectivity index (χ3v) is 6.44. The molecule has 3 N–H and O–H groups in total. The second-order valence-electron chi connectivity index (χ2n) is 9.39. The van der Waals surface area contributed by atoms with Crippen molar-refractivity contribution < 1.29 is 27.6 Å². The van der Waals surface area contributed by atoms with E-state index >= 15 is 0 Å². The monoisotopic (exact) mass is 571 g/mol. The molecule has 2 aromatic carbocycles. The molecule has 8 nitrogen and oxygen atoms in total. The SMILES string of the molecule is CC(C)C(=O)NCc1ccc(Cl)c(C(=O)Nc2ccc3c(c2)cc(C(=O)Nc2ccc(C(F)(F)F)nc2)n3C)c1. The standard InChI is InChI=1S/C28H25ClF3N5O3/c1-15(2)25(38)34-13-16-4-7-21(29)20(10-16)26(39)35-18-5-8-22-17(11-18)12-23(37(22)3)27(40)36-19-6-9-24(33-14-19)28(30,31)32/h4-12,14-15H,13H2,1-3H3,(H,34,38)(H,35,39)(H,36,40). The molecule has 4 rings (SSSR count). The lowest BCUT2D eigenvalue weighted by Crippen LogP contribution is -2.27. The van der Waals surface area contributed by atoms with Gasteiger partial charge in [0.05, 0.1) is 22.5 Å². The average molecular weight is 572 g/mol. The van der Waals surface area contributed by atoms with E-state index in [1.165, 1.54) is 0 Å². The molecule has 4 aromatic rings. The van der Waals surface area contributed by atoms with Crippen LogP contribution in [0.2, 0.25) is 5.02 Å². The summed E-state index contributed by atoms with van der Waals surface area (Å²) in [6, 6.07) is 13.5. The summed E-state index contributed by atoms with van der Waals surface area (Å²) in [5.74, 6) is -1.28. The highest BCUT2D eigenvalue weighted by molar-refractivity contribution is 6.34. The van der Waals surface area contributed by atoms with Crippen molar-refractivity contribution in [1.29, 1.82) is 0 Å². The van der Waals surface area contributed by atoms with E-state index in [9.17, 15) is 27.6 Å². The van der Waals surface area contributed by atoms with E-state index in [-0.39, 0.29) is 40.3 Å². The first kappa shape index (κ1) is 28.6. The van der Waals surface area contributed by atoms with E-state index in [0.717, 1.165) is 18.3 Å². The smallest absolute Gasteiger partial charge is 0.352 e. The van der Waals surface area contributed by atoms with Gasteiger partial charge in [-0.2, -0.15) is 13.2 Å². The van der Waals surface area contributed by atoms with Gasteiger partial charge in [0.25, 0.3) is 11.8 Å². The molecule has 12 heteroatoms. The highest BCUT2D eigenvalue weighted by Crippen LogP contribution is 2.28. The Morgan fingerprint density at radius 2 is 1.65 bits per heavy atom. The molecular weight excluding hydrogens is 547 g/mol. The van der Waals surface area contributed by atoms with Crippen molar-refractivity contribution in [2.75, 3.05) is 10.6 Å². The number of carbonyl (C=O) groups excluding carboxylic acids is 3. The van der Waals surface area contributed by atoms with Gasteiger partial charge in [0.15, 0.2) is 0 Å². The fourth-order valence-electron chi connectivity index (χ4n) is 3.92. The molecule has 2 aromatic heterocycles. The number of hydrogen-bond donors (Lipinski definition) is 3. The summed E-state index contributed by atoms with van der Waals surface area (Å²) in [6.45, 7) is 3.81. The van der Waals surface area contributed by atoms with Crippen molar-refractivity contribution in [2.45, 2.75) is 26.6 Å². The minimum atomic E-state index is -4.58. The van der Waals surface area contributed by atoms with Crippen LogP contribution in [-0.2, 0) is 24.6 Å². The summed E-state index contributed by atoms with van der Waals surface area (Å²) in [5.41, 5.74) is 1.38. The Kier molecular flexibility index (Phi) is 8.15. The molecule has 0 saturated heterocycles. The van der Waals surface area contributed by atoms with Crippen LogP contribution in [0.3, 0.4) is 0 Å². The lowest BCUT2D eigenvalue weighted by atomic mass is 10.1. The van der Waals surface area contributed by atoms with Crippen molar-refractivity contribution in [3.63, 3.8) is 0 Å². The number of nitrogens with zero attached hydrogens (tertiary/aromatic N) is 2. The van der Waals surface area contributed by atoms with Gasteiger partial charge in [0.2, 0.25) is 5.91 Å². The zero-order chi connectivity index (χ0) is 29.2. The first-order chi connectivity index (χ1) is 18.8. The maximum Gasteiger partial charge on any atom is 0.433 e. The number of pyridine rings is 1. The number of halogens is 4. The number of fused-ring (bicyclic) bond motifs is 1. The Morgan fingerprint density at radius 1 is 0.950 bits per heavy atom. The van der Waals surface area contributed by atoms with Crippen molar-refractivity contribution in [3.05, 3.63) is 88.3 Å². The van der Waals surface area contributed by atoms with Crippen LogP contribution in [0.5, 0.6) is 0 Å². The largest absolute Gasteiger partial charge is 0.433 e. The Balaban J connectivity index is 1.49. The van der Waals surface area contributed by atoms with E-state index < -0.39 is 23.7 Å². The van der Waals surface area contributed by atoms with E-state index in [2.05, 4.69) is 20.9 Å². The van der Waals surface area contributed by atoms with Crippen molar-refractivity contribution in [1.82, 2.24) is 14.9 Å². The molecule has 3 amide bonds. The van der Waals surface area contributed by atoms with Crippen molar-refractivity contribution in [3.8, 4) is 0 Å². The zero-order valence-corrected chi connectivity index (χ0v) is 22.4. The number of hydrogen-bond acceptors (Lipinski definition) is 4. The number of alkyl halides is 3. The molecule has 0 bridgehead atoms. The van der Waals surface area contributed by atoms with E-state index in [1.54, 1.807) is 67.9 Å². The molecule has 0 spiro atoms. The number of benzene rings is 2. The number of carbonyl (C=O) groups is 3. The summed E-state index contributed by atoms with van der Waals surface area (Å²) in [7, 11) is 1.67. The highest BCUT2D eigenvalue weighted by Gasteiger charge is 2.32. The third-order valence-electron chi connectivity index (χ3n) is 6.11. The number of rotatable bonds is 7. The summed E-state index contributed by atoms with van der Waals surface area (Å²) in [5, 5.41) is 9.02. The lowest BCUT2D eigenvalue weighted by molar-refractivity contribution is -0.141. The van der Waals surface area contributed by atoms with Gasteiger partial charge in [-0.05, 0) is 54.1 Å². The summed E-state index contributed by atoms with van der Waals surface area (Å²) < 4.78 is 39.9. The third kappa shape index (κ3) is 6.42. The predicted molar refractivity (Wildman–Crippen MR) is 146 cm³/mol. The van der Waals surface area contributed by atoms with Gasteiger partial charge in [-0.25, -0.2) is 4.98 Å². The van der Waals surface area contributed by atoms with Gasteiger partial charge in [0, 0.05) is 36.1 Å². The van der Waals surface area contributed by atoms with Gasteiger partial charge >= 0.3 is 6.18 Å². The second-order valence-corrected chi connectivity index (χ2v) is 9.79. The molecule has 208 valence electrons. The molecule has 40 heavy (non-hydrogen) atoms. The molecule has 0 unspecified atom stereocenters. The minimum Gasteiger partial charge on any atom is -0.352 e. The normalized spacial score (nSPS) is 11.5. The number of nitrogens with one attached hydrogen (secondary N) is 3. The molecule has 0 aliphatic carbocycles.